The third kappa shape index (κ3) is 5.57. The highest BCUT2D eigenvalue weighted by molar-refractivity contribution is 5.82. The van der Waals surface area contributed by atoms with Crippen LogP contribution in [0.2, 0.25) is 0 Å². The van der Waals surface area contributed by atoms with Gasteiger partial charge in [0.1, 0.15) is 0 Å². The van der Waals surface area contributed by atoms with Crippen molar-refractivity contribution < 1.29 is 14.6 Å². The number of rotatable bonds is 0. The Balaban J connectivity index is 2.48. The standard InChI is InChI=1S/C12H20O3/c1-10-6-4-2-3-5-7-11(13)8-9-12(14)15-10/h8-11,13H,2-7H2,1H3/b9-8-/t10-,11-/m1/s1. The predicted molar refractivity (Wildman–Crippen MR) is 58.4 cm³/mol. The summed E-state index contributed by atoms with van der Waals surface area (Å²) in [5, 5.41) is 9.48. The lowest BCUT2D eigenvalue weighted by atomic mass is 10.1. The van der Waals surface area contributed by atoms with Gasteiger partial charge in [0.15, 0.2) is 0 Å². The normalized spacial score (nSPS) is 32.3. The fourth-order valence-electron chi connectivity index (χ4n) is 1.72. The van der Waals surface area contributed by atoms with Crippen LogP contribution in [-0.2, 0) is 9.53 Å². The van der Waals surface area contributed by atoms with Crippen molar-refractivity contribution in [1.29, 1.82) is 0 Å². The summed E-state index contributed by atoms with van der Waals surface area (Å²) in [5.74, 6) is -0.345. The lowest BCUT2D eigenvalue weighted by molar-refractivity contribution is -0.142. The van der Waals surface area contributed by atoms with Crippen molar-refractivity contribution in [2.75, 3.05) is 0 Å². The van der Waals surface area contributed by atoms with Crippen LogP contribution in [-0.4, -0.2) is 23.3 Å². The summed E-state index contributed by atoms with van der Waals surface area (Å²) in [5.41, 5.74) is 0. The van der Waals surface area contributed by atoms with Crippen molar-refractivity contribution in [3.63, 3.8) is 0 Å². The van der Waals surface area contributed by atoms with E-state index in [9.17, 15) is 9.90 Å². The molecule has 0 aromatic rings. The third-order valence-electron chi connectivity index (χ3n) is 2.63. The van der Waals surface area contributed by atoms with Crippen molar-refractivity contribution >= 4 is 5.97 Å². The van der Waals surface area contributed by atoms with Crippen molar-refractivity contribution in [2.24, 2.45) is 0 Å². The minimum Gasteiger partial charge on any atom is -0.460 e. The zero-order valence-corrected chi connectivity index (χ0v) is 9.32. The summed E-state index contributed by atoms with van der Waals surface area (Å²) >= 11 is 0. The van der Waals surface area contributed by atoms with Crippen LogP contribution < -0.4 is 0 Å². The van der Waals surface area contributed by atoms with Gasteiger partial charge in [-0.2, -0.15) is 0 Å². The molecule has 1 aliphatic heterocycles. The molecule has 1 heterocycles. The topological polar surface area (TPSA) is 46.5 Å². The van der Waals surface area contributed by atoms with Crippen LogP contribution in [0.15, 0.2) is 12.2 Å². The Kier molecular flexibility index (Phi) is 5.40. The second-order valence-corrected chi connectivity index (χ2v) is 4.17. The largest absolute Gasteiger partial charge is 0.460 e. The van der Waals surface area contributed by atoms with E-state index in [2.05, 4.69) is 0 Å². The number of cyclic esters (lactones) is 1. The number of esters is 1. The molecule has 0 amide bonds. The number of aliphatic hydroxyl groups is 1. The third-order valence-corrected chi connectivity index (χ3v) is 2.63. The number of carbonyl (C=O) groups is 1. The molecule has 0 spiro atoms. The zero-order chi connectivity index (χ0) is 11.1. The predicted octanol–water partition coefficient (Wildman–Crippen LogP) is 2.19. The number of carbonyl (C=O) groups excluding carboxylic acids is 1. The SMILES string of the molecule is C[C@@H]1CCCCCC[C@@H](O)/C=C\C(=O)O1. The maximum Gasteiger partial charge on any atom is 0.330 e. The summed E-state index contributed by atoms with van der Waals surface area (Å²) in [6.45, 7) is 1.91. The van der Waals surface area contributed by atoms with E-state index in [4.69, 9.17) is 4.74 Å². The maximum atomic E-state index is 11.2. The monoisotopic (exact) mass is 212 g/mol. The molecule has 2 atom stereocenters. The van der Waals surface area contributed by atoms with Crippen LogP contribution in [0.4, 0.5) is 0 Å². The van der Waals surface area contributed by atoms with Gasteiger partial charge in [0.2, 0.25) is 0 Å². The summed E-state index contributed by atoms with van der Waals surface area (Å²) in [6.07, 6.45) is 8.42. The smallest absolute Gasteiger partial charge is 0.330 e. The first-order chi connectivity index (χ1) is 7.18. The quantitative estimate of drug-likeness (QED) is 0.626. The number of aliphatic hydroxyl groups excluding tert-OH is 1. The minimum atomic E-state index is -0.507. The Labute approximate surface area is 91.1 Å². The lowest BCUT2D eigenvalue weighted by Crippen LogP contribution is -2.14. The zero-order valence-electron chi connectivity index (χ0n) is 9.32. The van der Waals surface area contributed by atoms with Gasteiger partial charge in [-0.1, -0.05) is 19.3 Å². The number of ether oxygens (including phenoxy) is 1. The van der Waals surface area contributed by atoms with Crippen molar-refractivity contribution in [1.82, 2.24) is 0 Å². The molecule has 0 fully saturated rings. The number of hydrogen-bond donors (Lipinski definition) is 1. The van der Waals surface area contributed by atoms with Gasteiger partial charge in [0.25, 0.3) is 0 Å². The van der Waals surface area contributed by atoms with Crippen molar-refractivity contribution in [2.45, 2.75) is 57.7 Å². The maximum absolute atomic E-state index is 11.2. The van der Waals surface area contributed by atoms with E-state index in [1.807, 2.05) is 6.92 Å². The Morgan fingerprint density at radius 1 is 1.27 bits per heavy atom. The summed E-state index contributed by atoms with van der Waals surface area (Å²) < 4.78 is 5.13. The molecule has 0 aliphatic carbocycles. The molecule has 0 saturated heterocycles. The molecule has 0 bridgehead atoms. The van der Waals surface area contributed by atoms with Gasteiger partial charge >= 0.3 is 5.97 Å². The molecule has 15 heavy (non-hydrogen) atoms. The molecule has 86 valence electrons. The summed E-state index contributed by atoms with van der Waals surface area (Å²) in [7, 11) is 0. The van der Waals surface area contributed by atoms with E-state index in [1.165, 1.54) is 12.2 Å². The van der Waals surface area contributed by atoms with E-state index in [0.29, 0.717) is 0 Å². The highest BCUT2D eigenvalue weighted by atomic mass is 16.5. The Morgan fingerprint density at radius 2 is 1.93 bits per heavy atom. The molecule has 0 aromatic heterocycles. The van der Waals surface area contributed by atoms with Crippen LogP contribution in [0.25, 0.3) is 0 Å². The average Bonchev–Trinajstić information content (AvgIpc) is 2.18. The fourth-order valence-corrected chi connectivity index (χ4v) is 1.72. The molecule has 3 nitrogen and oxygen atoms in total. The Bertz CT molecular complexity index is 223. The first-order valence-electron chi connectivity index (χ1n) is 5.75. The van der Waals surface area contributed by atoms with Gasteiger partial charge < -0.3 is 9.84 Å². The van der Waals surface area contributed by atoms with Gasteiger partial charge in [-0.15, -0.1) is 0 Å². The van der Waals surface area contributed by atoms with E-state index in [-0.39, 0.29) is 12.1 Å². The van der Waals surface area contributed by atoms with E-state index in [1.54, 1.807) is 0 Å². The first-order valence-corrected chi connectivity index (χ1v) is 5.75. The molecule has 0 saturated carbocycles. The lowest BCUT2D eigenvalue weighted by Gasteiger charge is -2.13. The first kappa shape index (κ1) is 12.2. The highest BCUT2D eigenvalue weighted by Crippen LogP contribution is 2.12. The van der Waals surface area contributed by atoms with E-state index in [0.717, 1.165) is 38.5 Å². The van der Waals surface area contributed by atoms with Crippen LogP contribution in [0.1, 0.15) is 45.4 Å². The second kappa shape index (κ2) is 6.62. The van der Waals surface area contributed by atoms with Gasteiger partial charge in [-0.3, -0.25) is 0 Å². The Morgan fingerprint density at radius 3 is 2.67 bits per heavy atom. The molecular weight excluding hydrogens is 192 g/mol. The fraction of sp³-hybridized carbons (Fsp3) is 0.750. The molecule has 0 radical (unpaired) electrons. The molecule has 1 N–H and O–H groups in total. The van der Waals surface area contributed by atoms with Crippen LogP contribution in [0.5, 0.6) is 0 Å². The molecular formula is C12H20O3. The van der Waals surface area contributed by atoms with Gasteiger partial charge in [0.05, 0.1) is 12.2 Å². The Hall–Kier alpha value is -0.830. The van der Waals surface area contributed by atoms with E-state index < -0.39 is 6.10 Å². The summed E-state index contributed by atoms with van der Waals surface area (Å²) in [6, 6.07) is 0. The van der Waals surface area contributed by atoms with Gasteiger partial charge in [-0.25, -0.2) is 4.79 Å². The van der Waals surface area contributed by atoms with Gasteiger partial charge in [0, 0.05) is 6.08 Å². The van der Waals surface area contributed by atoms with Gasteiger partial charge in [-0.05, 0) is 32.3 Å². The summed E-state index contributed by atoms with van der Waals surface area (Å²) in [4.78, 5) is 11.2. The average molecular weight is 212 g/mol. The molecule has 0 unspecified atom stereocenters. The molecule has 1 rings (SSSR count). The van der Waals surface area contributed by atoms with Crippen molar-refractivity contribution in [3.8, 4) is 0 Å². The molecule has 0 aromatic carbocycles. The minimum absolute atomic E-state index is 0.0151. The van der Waals surface area contributed by atoms with E-state index >= 15 is 0 Å². The molecule has 1 aliphatic rings. The van der Waals surface area contributed by atoms with Crippen LogP contribution in [0, 0.1) is 0 Å². The second-order valence-electron chi connectivity index (χ2n) is 4.17. The van der Waals surface area contributed by atoms with Crippen LogP contribution in [0.3, 0.4) is 0 Å². The van der Waals surface area contributed by atoms with Crippen LogP contribution >= 0.6 is 0 Å². The van der Waals surface area contributed by atoms with Crippen molar-refractivity contribution in [3.05, 3.63) is 12.2 Å². The number of hydrogen-bond acceptors (Lipinski definition) is 3. The highest BCUT2D eigenvalue weighted by Gasteiger charge is 2.08. The molecule has 3 heteroatoms.